The van der Waals surface area contributed by atoms with Crippen LogP contribution in [0.1, 0.15) is 31.1 Å². The first kappa shape index (κ1) is 23.0. The van der Waals surface area contributed by atoms with Crippen molar-refractivity contribution >= 4 is 34.5 Å². The summed E-state index contributed by atoms with van der Waals surface area (Å²) < 4.78 is 12.7. The number of methoxy groups -OCH3 is 1. The van der Waals surface area contributed by atoms with Crippen molar-refractivity contribution in [2.24, 2.45) is 0 Å². The average Bonchev–Trinajstić information content (AvgIpc) is 3.08. The first-order valence-corrected chi connectivity index (χ1v) is 11.3. The lowest BCUT2D eigenvalue weighted by Gasteiger charge is -2.35. The SMILES string of the molecule is COc1ccc2c(C(=O)N3CCN(C(=O)OC(C)(C)C)CC3)c(Cl)n(-c3ccccc3)c2c1. The Morgan fingerprint density at radius 1 is 0.939 bits per heavy atom. The largest absolute Gasteiger partial charge is 0.497 e. The molecule has 3 aromatic rings. The third kappa shape index (κ3) is 4.64. The van der Waals surface area contributed by atoms with E-state index in [9.17, 15) is 9.59 Å². The number of hydrogen-bond donors (Lipinski definition) is 0. The Kier molecular flexibility index (Phi) is 6.26. The number of halogens is 1. The quantitative estimate of drug-likeness (QED) is 0.542. The van der Waals surface area contributed by atoms with Crippen molar-refractivity contribution in [3.63, 3.8) is 0 Å². The summed E-state index contributed by atoms with van der Waals surface area (Å²) in [4.78, 5) is 29.3. The van der Waals surface area contributed by atoms with Crippen LogP contribution in [0.25, 0.3) is 16.6 Å². The van der Waals surface area contributed by atoms with Crippen LogP contribution in [0.4, 0.5) is 4.79 Å². The van der Waals surface area contributed by atoms with E-state index in [-0.39, 0.29) is 12.0 Å². The molecule has 4 rings (SSSR count). The number of hydrogen-bond acceptors (Lipinski definition) is 4. The van der Waals surface area contributed by atoms with Crippen LogP contribution in [0.5, 0.6) is 5.75 Å². The van der Waals surface area contributed by atoms with Crippen LogP contribution in [-0.4, -0.2) is 65.3 Å². The third-order valence-electron chi connectivity index (χ3n) is 5.56. The van der Waals surface area contributed by atoms with Crippen molar-refractivity contribution < 1.29 is 19.1 Å². The van der Waals surface area contributed by atoms with Crippen LogP contribution in [0, 0.1) is 0 Å². The van der Waals surface area contributed by atoms with Crippen molar-refractivity contribution in [2.75, 3.05) is 33.3 Å². The minimum absolute atomic E-state index is 0.159. The summed E-state index contributed by atoms with van der Waals surface area (Å²) in [5, 5.41) is 1.10. The van der Waals surface area contributed by atoms with Crippen molar-refractivity contribution in [1.29, 1.82) is 0 Å². The molecule has 33 heavy (non-hydrogen) atoms. The lowest BCUT2D eigenvalue weighted by atomic mass is 10.1. The van der Waals surface area contributed by atoms with Gasteiger partial charge >= 0.3 is 6.09 Å². The highest BCUT2D eigenvalue weighted by Gasteiger charge is 2.31. The number of fused-ring (bicyclic) bond motifs is 1. The molecule has 174 valence electrons. The maximum atomic E-state index is 13.6. The van der Waals surface area contributed by atoms with Crippen molar-refractivity contribution in [1.82, 2.24) is 14.4 Å². The number of carbonyl (C=O) groups is 2. The van der Waals surface area contributed by atoms with Crippen LogP contribution in [0.2, 0.25) is 5.15 Å². The Labute approximate surface area is 198 Å². The standard InChI is InChI=1S/C25H28ClN3O4/c1-25(2,3)33-24(31)28-14-12-27(13-15-28)23(30)21-19-11-10-18(32-4)16-20(19)29(22(21)26)17-8-6-5-7-9-17/h5-11,16H,12-15H2,1-4H3. The summed E-state index contributed by atoms with van der Waals surface area (Å²) in [6.07, 6.45) is -0.361. The summed E-state index contributed by atoms with van der Waals surface area (Å²) in [5.74, 6) is 0.521. The molecular formula is C25H28ClN3O4. The number of ether oxygens (including phenoxy) is 2. The van der Waals surface area contributed by atoms with Gasteiger partial charge in [0.2, 0.25) is 0 Å². The van der Waals surface area contributed by atoms with Gasteiger partial charge in [0.1, 0.15) is 16.5 Å². The fraction of sp³-hybridized carbons (Fsp3) is 0.360. The Hall–Kier alpha value is -3.19. The van der Waals surface area contributed by atoms with Gasteiger partial charge in [0.05, 0.1) is 18.2 Å². The molecule has 7 nitrogen and oxygen atoms in total. The molecule has 2 amide bonds. The number of benzene rings is 2. The molecule has 0 bridgehead atoms. The lowest BCUT2D eigenvalue weighted by Crippen LogP contribution is -2.51. The second-order valence-corrected chi connectivity index (χ2v) is 9.34. The highest BCUT2D eigenvalue weighted by Crippen LogP contribution is 2.36. The number of nitrogens with zero attached hydrogens (tertiary/aromatic N) is 3. The van der Waals surface area contributed by atoms with Gasteiger partial charge in [-0.1, -0.05) is 29.8 Å². The molecule has 8 heteroatoms. The minimum Gasteiger partial charge on any atom is -0.497 e. The van der Waals surface area contributed by atoms with E-state index in [0.29, 0.717) is 42.6 Å². The van der Waals surface area contributed by atoms with E-state index in [1.807, 2.05) is 73.9 Å². The fourth-order valence-electron chi connectivity index (χ4n) is 3.97. The van der Waals surface area contributed by atoms with Crippen molar-refractivity contribution in [2.45, 2.75) is 26.4 Å². The summed E-state index contributed by atoms with van der Waals surface area (Å²) >= 11 is 6.84. The third-order valence-corrected chi connectivity index (χ3v) is 5.92. The molecule has 1 aliphatic rings. The Bertz CT molecular complexity index is 1180. The molecule has 1 fully saturated rings. The monoisotopic (exact) mass is 469 g/mol. The zero-order chi connectivity index (χ0) is 23.8. The topological polar surface area (TPSA) is 64.0 Å². The molecule has 0 atom stereocenters. The number of piperazine rings is 1. The summed E-state index contributed by atoms with van der Waals surface area (Å²) in [5.41, 5.74) is 1.54. The van der Waals surface area contributed by atoms with E-state index in [2.05, 4.69) is 0 Å². The van der Waals surface area contributed by atoms with Crippen LogP contribution in [0.3, 0.4) is 0 Å². The number of carbonyl (C=O) groups excluding carboxylic acids is 2. The van der Waals surface area contributed by atoms with Gasteiger partial charge in [-0.15, -0.1) is 0 Å². The first-order chi connectivity index (χ1) is 15.7. The number of para-hydroxylation sites is 1. The van der Waals surface area contributed by atoms with E-state index < -0.39 is 5.60 Å². The van der Waals surface area contributed by atoms with E-state index in [1.165, 1.54) is 0 Å². The molecule has 0 spiro atoms. The van der Waals surface area contributed by atoms with Crippen molar-refractivity contribution in [3.05, 3.63) is 59.2 Å². The zero-order valence-electron chi connectivity index (χ0n) is 19.3. The Balaban J connectivity index is 1.64. The van der Waals surface area contributed by atoms with Gasteiger partial charge in [0, 0.05) is 43.3 Å². The van der Waals surface area contributed by atoms with Gasteiger partial charge in [0.25, 0.3) is 5.91 Å². The second kappa shape index (κ2) is 8.98. The van der Waals surface area contributed by atoms with Gasteiger partial charge in [0.15, 0.2) is 0 Å². The van der Waals surface area contributed by atoms with E-state index in [4.69, 9.17) is 21.1 Å². The highest BCUT2D eigenvalue weighted by molar-refractivity contribution is 6.36. The molecule has 1 aromatic heterocycles. The molecule has 0 unspecified atom stereocenters. The van der Waals surface area contributed by atoms with E-state index >= 15 is 0 Å². The first-order valence-electron chi connectivity index (χ1n) is 10.9. The molecule has 0 radical (unpaired) electrons. The summed E-state index contributed by atoms with van der Waals surface area (Å²) in [6, 6.07) is 15.2. The molecule has 1 saturated heterocycles. The fourth-order valence-corrected chi connectivity index (χ4v) is 4.34. The van der Waals surface area contributed by atoms with Gasteiger partial charge in [-0.25, -0.2) is 4.79 Å². The predicted molar refractivity (Wildman–Crippen MR) is 129 cm³/mol. The van der Waals surface area contributed by atoms with Crippen LogP contribution in [0.15, 0.2) is 48.5 Å². The van der Waals surface area contributed by atoms with Crippen LogP contribution in [-0.2, 0) is 4.74 Å². The lowest BCUT2D eigenvalue weighted by molar-refractivity contribution is 0.0141. The number of amides is 2. The number of aromatic nitrogens is 1. The average molecular weight is 470 g/mol. The Morgan fingerprint density at radius 3 is 2.18 bits per heavy atom. The highest BCUT2D eigenvalue weighted by atomic mass is 35.5. The van der Waals surface area contributed by atoms with E-state index in [1.54, 1.807) is 16.9 Å². The van der Waals surface area contributed by atoms with Crippen LogP contribution < -0.4 is 4.74 Å². The van der Waals surface area contributed by atoms with Gasteiger partial charge in [-0.3, -0.25) is 9.36 Å². The molecule has 2 aromatic carbocycles. The number of rotatable bonds is 3. The van der Waals surface area contributed by atoms with Gasteiger partial charge in [-0.2, -0.15) is 0 Å². The molecule has 2 heterocycles. The second-order valence-electron chi connectivity index (χ2n) is 8.98. The molecule has 1 aliphatic heterocycles. The predicted octanol–water partition coefficient (Wildman–Crippen LogP) is 4.99. The molecule has 0 aliphatic carbocycles. The summed E-state index contributed by atoms with van der Waals surface area (Å²) in [6.45, 7) is 7.14. The zero-order valence-corrected chi connectivity index (χ0v) is 20.1. The van der Waals surface area contributed by atoms with E-state index in [0.717, 1.165) is 16.6 Å². The molecular weight excluding hydrogens is 442 g/mol. The van der Waals surface area contributed by atoms with Gasteiger partial charge < -0.3 is 19.3 Å². The maximum absolute atomic E-state index is 13.6. The summed E-state index contributed by atoms with van der Waals surface area (Å²) in [7, 11) is 1.61. The molecule has 0 N–H and O–H groups in total. The minimum atomic E-state index is -0.558. The van der Waals surface area contributed by atoms with Crippen molar-refractivity contribution in [3.8, 4) is 11.4 Å². The van der Waals surface area contributed by atoms with Crippen LogP contribution >= 0.6 is 11.6 Å². The maximum Gasteiger partial charge on any atom is 0.410 e. The molecule has 0 saturated carbocycles. The normalized spacial score (nSPS) is 14.5. The smallest absolute Gasteiger partial charge is 0.410 e. The van der Waals surface area contributed by atoms with Gasteiger partial charge in [-0.05, 0) is 45.0 Å². The Morgan fingerprint density at radius 2 is 1.58 bits per heavy atom.